The molecule has 1 atom stereocenters. The average Bonchev–Trinajstić information content (AvgIpc) is 2.67. The molecule has 2 aromatic carbocycles. The number of hydrogen-bond acceptors (Lipinski definition) is 5. The van der Waals surface area contributed by atoms with Crippen LogP contribution in [-0.4, -0.2) is 35.4 Å². The molecule has 7 N–H and O–H groups in total. The SMILES string of the molecule is CC(=O)N[C@@H](Cc1ccc(NC(=O)Nc2cccc(N=CNN)c2)cc1)C(=O)O. The van der Waals surface area contributed by atoms with Crippen LogP contribution in [0.3, 0.4) is 0 Å². The largest absolute Gasteiger partial charge is 0.480 e. The minimum absolute atomic E-state index is 0.131. The molecule has 0 bridgehead atoms. The first-order valence-corrected chi connectivity index (χ1v) is 8.63. The molecule has 0 aliphatic heterocycles. The number of carboxylic acids is 1. The molecule has 0 spiro atoms. The van der Waals surface area contributed by atoms with Gasteiger partial charge in [-0.2, -0.15) is 0 Å². The summed E-state index contributed by atoms with van der Waals surface area (Å²) in [6.07, 6.45) is 1.45. The first-order valence-electron chi connectivity index (χ1n) is 8.63. The highest BCUT2D eigenvalue weighted by molar-refractivity contribution is 6.00. The van der Waals surface area contributed by atoms with E-state index < -0.39 is 23.9 Å². The minimum atomic E-state index is -1.12. The molecule has 3 amide bonds. The van der Waals surface area contributed by atoms with Gasteiger partial charge in [-0.1, -0.05) is 18.2 Å². The Morgan fingerprint density at radius 2 is 1.79 bits per heavy atom. The highest BCUT2D eigenvalue weighted by atomic mass is 16.4. The maximum Gasteiger partial charge on any atom is 0.326 e. The van der Waals surface area contributed by atoms with Crippen LogP contribution < -0.4 is 27.2 Å². The van der Waals surface area contributed by atoms with Crippen LogP contribution in [-0.2, 0) is 16.0 Å². The maximum absolute atomic E-state index is 12.2. The molecule has 0 aliphatic rings. The number of aliphatic imine (C=N–C) groups is 1. The van der Waals surface area contributed by atoms with Crippen molar-refractivity contribution < 1.29 is 19.5 Å². The number of nitrogens with zero attached hydrogens (tertiary/aromatic N) is 1. The second-order valence-corrected chi connectivity index (χ2v) is 6.05. The van der Waals surface area contributed by atoms with Crippen LogP contribution in [0.4, 0.5) is 21.9 Å². The number of nitrogens with one attached hydrogen (secondary N) is 4. The van der Waals surface area contributed by atoms with Crippen molar-refractivity contribution in [3.8, 4) is 0 Å². The van der Waals surface area contributed by atoms with Gasteiger partial charge in [-0.15, -0.1) is 0 Å². The van der Waals surface area contributed by atoms with Crippen molar-refractivity contribution in [2.24, 2.45) is 10.8 Å². The highest BCUT2D eigenvalue weighted by Gasteiger charge is 2.18. The minimum Gasteiger partial charge on any atom is -0.480 e. The van der Waals surface area contributed by atoms with Crippen LogP contribution in [0.5, 0.6) is 0 Å². The second kappa shape index (κ2) is 10.4. The Hall–Kier alpha value is -3.92. The Morgan fingerprint density at radius 1 is 1.10 bits per heavy atom. The highest BCUT2D eigenvalue weighted by Crippen LogP contribution is 2.18. The zero-order valence-electron chi connectivity index (χ0n) is 15.7. The number of urea groups is 1. The summed E-state index contributed by atoms with van der Waals surface area (Å²) < 4.78 is 0. The van der Waals surface area contributed by atoms with E-state index in [0.717, 1.165) is 0 Å². The quantitative estimate of drug-likeness (QED) is 0.171. The fraction of sp³-hybridized carbons (Fsp3) is 0.158. The number of nitrogens with two attached hydrogens (primary N) is 1. The number of hydrazine groups is 1. The second-order valence-electron chi connectivity index (χ2n) is 6.05. The molecular weight excluding hydrogens is 376 g/mol. The van der Waals surface area contributed by atoms with Crippen molar-refractivity contribution in [3.63, 3.8) is 0 Å². The Labute approximate surface area is 167 Å². The van der Waals surface area contributed by atoms with E-state index in [-0.39, 0.29) is 6.42 Å². The normalized spacial score (nSPS) is 11.5. The summed E-state index contributed by atoms with van der Waals surface area (Å²) in [6.45, 7) is 1.26. The van der Waals surface area contributed by atoms with Crippen LogP contribution in [0, 0.1) is 0 Å². The monoisotopic (exact) mass is 398 g/mol. The molecular formula is C19H22N6O4. The molecule has 0 fully saturated rings. The molecule has 152 valence electrons. The van der Waals surface area contributed by atoms with Crippen LogP contribution in [0.25, 0.3) is 0 Å². The molecule has 10 nitrogen and oxygen atoms in total. The molecule has 2 aromatic rings. The fourth-order valence-corrected chi connectivity index (χ4v) is 2.47. The standard InChI is InChI=1S/C19H22N6O4/c1-12(26)23-17(18(27)28)9-13-5-7-14(8-6-13)24-19(29)25-16-4-2-3-15(10-16)21-11-22-20/h2-8,10-11,17H,9,20H2,1H3,(H,21,22)(H,23,26)(H,27,28)(H2,24,25,29)/t17-/m0/s1. The Kier molecular flexibility index (Phi) is 7.68. The van der Waals surface area contributed by atoms with Crippen molar-refractivity contribution in [2.75, 3.05) is 10.6 Å². The van der Waals surface area contributed by atoms with E-state index in [0.29, 0.717) is 22.6 Å². The average molecular weight is 398 g/mol. The lowest BCUT2D eigenvalue weighted by Gasteiger charge is -2.14. The first kappa shape index (κ1) is 21.4. The summed E-state index contributed by atoms with van der Waals surface area (Å²) >= 11 is 0. The summed E-state index contributed by atoms with van der Waals surface area (Å²) in [7, 11) is 0. The molecule has 29 heavy (non-hydrogen) atoms. The number of hydrogen-bond donors (Lipinski definition) is 6. The molecule has 0 aliphatic carbocycles. The lowest BCUT2D eigenvalue weighted by molar-refractivity contribution is -0.141. The molecule has 0 aromatic heterocycles. The summed E-state index contributed by atoms with van der Waals surface area (Å²) in [6, 6.07) is 12.1. The van der Waals surface area contributed by atoms with Gasteiger partial charge in [0.05, 0.1) is 5.69 Å². The number of amides is 3. The van der Waals surface area contributed by atoms with E-state index in [1.54, 1.807) is 48.5 Å². The van der Waals surface area contributed by atoms with Crippen LogP contribution >= 0.6 is 0 Å². The van der Waals surface area contributed by atoms with Gasteiger partial charge >= 0.3 is 12.0 Å². The van der Waals surface area contributed by atoms with Crippen LogP contribution in [0.1, 0.15) is 12.5 Å². The molecule has 0 heterocycles. The van der Waals surface area contributed by atoms with Gasteiger partial charge in [0, 0.05) is 24.7 Å². The number of carboxylic acid groups (broad SMARTS) is 1. The van der Waals surface area contributed by atoms with Crippen LogP contribution in [0.2, 0.25) is 0 Å². The van der Waals surface area contributed by atoms with Gasteiger partial charge in [-0.3, -0.25) is 4.79 Å². The lowest BCUT2D eigenvalue weighted by Crippen LogP contribution is -2.41. The smallest absolute Gasteiger partial charge is 0.326 e. The van der Waals surface area contributed by atoms with Crippen LogP contribution in [0.15, 0.2) is 53.5 Å². The predicted octanol–water partition coefficient (Wildman–Crippen LogP) is 1.59. The third kappa shape index (κ3) is 7.31. The third-order valence-electron chi connectivity index (χ3n) is 3.72. The number of benzene rings is 2. The molecule has 0 saturated heterocycles. The third-order valence-corrected chi connectivity index (χ3v) is 3.72. The zero-order chi connectivity index (χ0) is 21.2. The van der Waals surface area contributed by atoms with Gasteiger partial charge in [0.15, 0.2) is 0 Å². The topological polar surface area (TPSA) is 158 Å². The van der Waals surface area contributed by atoms with E-state index >= 15 is 0 Å². The maximum atomic E-state index is 12.2. The van der Waals surface area contributed by atoms with E-state index in [2.05, 4.69) is 26.4 Å². The Morgan fingerprint density at radius 3 is 2.41 bits per heavy atom. The molecule has 0 unspecified atom stereocenters. The van der Waals surface area contributed by atoms with Crippen molar-refractivity contribution in [3.05, 3.63) is 54.1 Å². The van der Waals surface area contributed by atoms with Crippen molar-refractivity contribution in [1.29, 1.82) is 0 Å². The van der Waals surface area contributed by atoms with E-state index in [9.17, 15) is 14.4 Å². The molecule has 0 saturated carbocycles. The van der Waals surface area contributed by atoms with E-state index in [1.165, 1.54) is 13.3 Å². The predicted molar refractivity (Wildman–Crippen MR) is 110 cm³/mol. The van der Waals surface area contributed by atoms with Gasteiger partial charge in [0.25, 0.3) is 0 Å². The molecule has 10 heteroatoms. The fourth-order valence-electron chi connectivity index (χ4n) is 2.47. The number of anilines is 2. The van der Waals surface area contributed by atoms with E-state index in [4.69, 9.17) is 10.9 Å². The van der Waals surface area contributed by atoms with Crippen molar-refractivity contribution in [1.82, 2.24) is 10.7 Å². The van der Waals surface area contributed by atoms with Gasteiger partial charge in [-0.05, 0) is 35.9 Å². The summed E-state index contributed by atoms with van der Waals surface area (Å²) in [4.78, 5) is 38.5. The van der Waals surface area contributed by atoms with Gasteiger partial charge in [0.2, 0.25) is 5.91 Å². The zero-order valence-corrected chi connectivity index (χ0v) is 15.7. The van der Waals surface area contributed by atoms with Gasteiger partial charge in [-0.25, -0.2) is 20.4 Å². The van der Waals surface area contributed by atoms with Crippen molar-refractivity contribution in [2.45, 2.75) is 19.4 Å². The molecule has 2 rings (SSSR count). The summed E-state index contributed by atoms with van der Waals surface area (Å²) in [5.41, 5.74) is 4.68. The Balaban J connectivity index is 1.95. The number of carbonyl (C=O) groups is 3. The van der Waals surface area contributed by atoms with E-state index in [1.807, 2.05) is 0 Å². The van der Waals surface area contributed by atoms with Gasteiger partial charge in [0.1, 0.15) is 12.4 Å². The summed E-state index contributed by atoms with van der Waals surface area (Å²) in [5, 5.41) is 16.9. The number of aliphatic carboxylic acids is 1. The number of carbonyl (C=O) groups excluding carboxylic acids is 2. The molecule has 0 radical (unpaired) electrons. The Bertz CT molecular complexity index is 898. The lowest BCUT2D eigenvalue weighted by atomic mass is 10.1. The summed E-state index contributed by atoms with van der Waals surface area (Å²) in [5.74, 6) is 3.60. The van der Waals surface area contributed by atoms with Crippen molar-refractivity contribution >= 4 is 41.3 Å². The number of rotatable bonds is 8. The van der Waals surface area contributed by atoms with Gasteiger partial charge < -0.3 is 26.5 Å². The first-order chi connectivity index (χ1) is 13.9.